The Morgan fingerprint density at radius 1 is 0.917 bits per heavy atom. The third-order valence-corrected chi connectivity index (χ3v) is 6.85. The lowest BCUT2D eigenvalue weighted by Crippen LogP contribution is -2.31. The molecule has 6 rings (SSSR count). The van der Waals surface area contributed by atoms with Crippen molar-refractivity contribution in [3.8, 4) is 22.4 Å². The second kappa shape index (κ2) is 10.1. The van der Waals surface area contributed by atoms with E-state index in [0.717, 1.165) is 68.8 Å². The minimum atomic E-state index is -0.596. The van der Waals surface area contributed by atoms with Gasteiger partial charge in [-0.05, 0) is 56.7 Å². The number of carbonyl (C=O) groups excluding carboxylic acids is 1. The lowest BCUT2D eigenvalue weighted by atomic mass is 10.0. The van der Waals surface area contributed by atoms with E-state index in [1.54, 1.807) is 12.4 Å². The van der Waals surface area contributed by atoms with Crippen molar-refractivity contribution in [2.75, 3.05) is 36.0 Å². The van der Waals surface area contributed by atoms with Crippen molar-refractivity contribution in [3.63, 3.8) is 0 Å². The summed E-state index contributed by atoms with van der Waals surface area (Å²) in [5.74, 6) is 0.192. The lowest BCUT2D eigenvalue weighted by molar-refractivity contribution is 0.0996. The highest BCUT2D eigenvalue weighted by atomic mass is 35.5. The Labute approximate surface area is 214 Å². The largest absolute Gasteiger partial charge is 0.422 e. The van der Waals surface area contributed by atoms with Gasteiger partial charge >= 0.3 is 0 Å². The Balaban J connectivity index is 0.00000267. The molecule has 10 nitrogen and oxygen atoms in total. The zero-order valence-corrected chi connectivity index (χ0v) is 20.8. The molecular formula is C25H29ClN8O2. The third kappa shape index (κ3) is 4.48. The van der Waals surface area contributed by atoms with E-state index in [1.807, 2.05) is 18.2 Å². The molecule has 3 N–H and O–H groups in total. The summed E-state index contributed by atoms with van der Waals surface area (Å²) in [6.45, 7) is 3.66. The summed E-state index contributed by atoms with van der Waals surface area (Å²) in [6, 6.07) is 6.30. The van der Waals surface area contributed by atoms with Crippen LogP contribution >= 0.6 is 12.4 Å². The standard InChI is InChI=1S/C25H28N8O2.ClH/c26-22(34)21-17(7-8-19(29-21)16-14-27-28-15-16)18-13-20-23(30-24(18)32-9-3-1-4-10-32)31-25(35-20)33-11-5-2-6-12-33;/h7-8,13-15H,1-6,9-12H2,(H2,26,34)(H,27,28);1H. The average Bonchev–Trinajstić information content (AvgIpc) is 3.59. The molecule has 0 aliphatic carbocycles. The van der Waals surface area contributed by atoms with E-state index in [-0.39, 0.29) is 18.1 Å². The maximum absolute atomic E-state index is 12.5. The molecule has 188 valence electrons. The summed E-state index contributed by atoms with van der Waals surface area (Å²) in [5.41, 5.74) is 10.0. The highest BCUT2D eigenvalue weighted by Crippen LogP contribution is 2.37. The number of aromatic nitrogens is 5. The van der Waals surface area contributed by atoms with Crippen molar-refractivity contribution in [2.45, 2.75) is 38.5 Å². The van der Waals surface area contributed by atoms with Crippen LogP contribution in [0.25, 0.3) is 33.6 Å². The number of fused-ring (bicyclic) bond motifs is 1. The number of nitrogens with one attached hydrogen (secondary N) is 1. The number of hydrogen-bond acceptors (Lipinski definition) is 8. The molecule has 0 atom stereocenters. The van der Waals surface area contributed by atoms with Gasteiger partial charge < -0.3 is 20.0 Å². The van der Waals surface area contributed by atoms with Gasteiger partial charge in [-0.1, -0.05) is 0 Å². The van der Waals surface area contributed by atoms with Crippen molar-refractivity contribution < 1.29 is 9.21 Å². The number of oxazole rings is 1. The summed E-state index contributed by atoms with van der Waals surface area (Å²) in [4.78, 5) is 31.3. The molecule has 2 aliphatic rings. The fourth-order valence-corrected chi connectivity index (χ4v) is 5.02. The predicted molar refractivity (Wildman–Crippen MR) is 141 cm³/mol. The number of piperidine rings is 2. The monoisotopic (exact) mass is 508 g/mol. The Kier molecular flexibility index (Phi) is 6.77. The van der Waals surface area contributed by atoms with Crippen molar-refractivity contribution in [2.24, 2.45) is 5.73 Å². The Bertz CT molecular complexity index is 1360. The molecule has 6 heterocycles. The van der Waals surface area contributed by atoms with Gasteiger partial charge in [0.05, 0.1) is 11.9 Å². The van der Waals surface area contributed by atoms with Crippen LogP contribution in [0.5, 0.6) is 0 Å². The maximum atomic E-state index is 12.5. The molecule has 2 fully saturated rings. The highest BCUT2D eigenvalue weighted by Gasteiger charge is 2.25. The van der Waals surface area contributed by atoms with Crippen LogP contribution in [-0.4, -0.2) is 57.2 Å². The summed E-state index contributed by atoms with van der Waals surface area (Å²) in [6.07, 6.45) is 10.3. The Morgan fingerprint density at radius 3 is 2.31 bits per heavy atom. The van der Waals surface area contributed by atoms with Crippen molar-refractivity contribution in [1.29, 1.82) is 0 Å². The summed E-state index contributed by atoms with van der Waals surface area (Å²) < 4.78 is 6.18. The van der Waals surface area contributed by atoms with Crippen LogP contribution in [0.2, 0.25) is 0 Å². The van der Waals surface area contributed by atoms with Crippen LogP contribution in [0.1, 0.15) is 49.0 Å². The van der Waals surface area contributed by atoms with Gasteiger partial charge in [0.1, 0.15) is 11.5 Å². The van der Waals surface area contributed by atoms with Gasteiger partial charge in [-0.3, -0.25) is 9.89 Å². The highest BCUT2D eigenvalue weighted by molar-refractivity contribution is 6.01. The Morgan fingerprint density at radius 2 is 1.64 bits per heavy atom. The number of halogens is 1. The minimum Gasteiger partial charge on any atom is -0.422 e. The number of rotatable bonds is 5. The van der Waals surface area contributed by atoms with Crippen LogP contribution in [0.4, 0.5) is 11.8 Å². The van der Waals surface area contributed by atoms with E-state index < -0.39 is 5.91 Å². The normalized spacial score (nSPS) is 16.2. The number of hydrogen-bond donors (Lipinski definition) is 2. The quantitative estimate of drug-likeness (QED) is 0.410. The van der Waals surface area contributed by atoms with Crippen molar-refractivity contribution in [1.82, 2.24) is 25.1 Å². The SMILES string of the molecule is Cl.NC(=O)c1nc(-c2cn[nH]c2)ccc1-c1cc2oc(N3CCCCC3)nc2nc1N1CCCCC1. The molecular weight excluding hydrogens is 480 g/mol. The molecule has 0 bridgehead atoms. The Hall–Kier alpha value is -3.66. The van der Waals surface area contributed by atoms with Gasteiger partial charge in [-0.25, -0.2) is 9.97 Å². The second-order valence-corrected chi connectivity index (χ2v) is 9.22. The average molecular weight is 509 g/mol. The molecule has 0 radical (unpaired) electrons. The number of nitrogens with two attached hydrogens (primary N) is 1. The third-order valence-electron chi connectivity index (χ3n) is 6.85. The number of H-pyrrole nitrogens is 1. The maximum Gasteiger partial charge on any atom is 0.299 e. The zero-order chi connectivity index (χ0) is 23.8. The number of anilines is 2. The molecule has 0 aromatic carbocycles. The molecule has 4 aromatic heterocycles. The first-order chi connectivity index (χ1) is 17.2. The van der Waals surface area contributed by atoms with Crippen LogP contribution < -0.4 is 15.5 Å². The van der Waals surface area contributed by atoms with Gasteiger partial charge in [-0.2, -0.15) is 10.1 Å². The topological polar surface area (TPSA) is 130 Å². The van der Waals surface area contributed by atoms with E-state index in [2.05, 4.69) is 25.0 Å². The van der Waals surface area contributed by atoms with Gasteiger partial charge in [-0.15, -0.1) is 12.4 Å². The smallest absolute Gasteiger partial charge is 0.299 e. The van der Waals surface area contributed by atoms with Gasteiger partial charge in [0.2, 0.25) is 5.65 Å². The molecule has 0 unspecified atom stereocenters. The van der Waals surface area contributed by atoms with Gasteiger partial charge in [0.25, 0.3) is 11.9 Å². The summed E-state index contributed by atoms with van der Waals surface area (Å²) in [5, 5.41) is 6.76. The molecule has 4 aromatic rings. The number of carbonyl (C=O) groups is 1. The number of nitrogens with zero attached hydrogens (tertiary/aromatic N) is 6. The van der Waals surface area contributed by atoms with Crippen LogP contribution in [0.15, 0.2) is 35.0 Å². The minimum absolute atomic E-state index is 0. The van der Waals surface area contributed by atoms with E-state index in [9.17, 15) is 4.79 Å². The lowest BCUT2D eigenvalue weighted by Gasteiger charge is -2.29. The molecule has 0 saturated carbocycles. The number of aromatic amines is 1. The molecule has 1 amide bonds. The van der Waals surface area contributed by atoms with Crippen LogP contribution in [-0.2, 0) is 0 Å². The molecule has 0 spiro atoms. The summed E-state index contributed by atoms with van der Waals surface area (Å²) >= 11 is 0. The fourth-order valence-electron chi connectivity index (χ4n) is 5.02. The predicted octanol–water partition coefficient (Wildman–Crippen LogP) is 4.18. The van der Waals surface area contributed by atoms with E-state index >= 15 is 0 Å². The number of pyridine rings is 2. The van der Waals surface area contributed by atoms with E-state index in [1.165, 1.54) is 12.8 Å². The number of amides is 1. The number of primary amides is 1. The molecule has 11 heteroatoms. The molecule has 2 aliphatic heterocycles. The molecule has 36 heavy (non-hydrogen) atoms. The van der Waals surface area contributed by atoms with Crippen molar-refractivity contribution in [3.05, 3.63) is 36.3 Å². The van der Waals surface area contributed by atoms with Crippen LogP contribution in [0.3, 0.4) is 0 Å². The summed E-state index contributed by atoms with van der Waals surface area (Å²) in [7, 11) is 0. The van der Waals surface area contributed by atoms with Gasteiger partial charge in [0, 0.05) is 49.1 Å². The first kappa shape index (κ1) is 24.1. The van der Waals surface area contributed by atoms with Gasteiger partial charge in [0.15, 0.2) is 5.58 Å². The van der Waals surface area contributed by atoms with E-state index in [0.29, 0.717) is 28.5 Å². The second-order valence-electron chi connectivity index (χ2n) is 9.22. The van der Waals surface area contributed by atoms with E-state index in [4.69, 9.17) is 20.1 Å². The first-order valence-corrected chi connectivity index (χ1v) is 12.3. The van der Waals surface area contributed by atoms with Crippen LogP contribution in [0, 0.1) is 0 Å². The van der Waals surface area contributed by atoms with Crippen molar-refractivity contribution >= 4 is 41.4 Å². The zero-order valence-electron chi connectivity index (χ0n) is 19.9. The molecule has 2 saturated heterocycles. The first-order valence-electron chi connectivity index (χ1n) is 12.3. The fraction of sp³-hybridized carbons (Fsp3) is 0.400.